The molecular formula is C4H12ClN3O2S. The lowest BCUT2D eigenvalue weighted by Crippen LogP contribution is -2.51. The minimum absolute atomic E-state index is 0. The topological polar surface area (TPSA) is 98.2 Å². The van der Waals surface area contributed by atoms with Crippen LogP contribution in [0, 0.1) is 0 Å². The first-order valence-corrected chi connectivity index (χ1v) is 4.57. The Kier molecular flexibility index (Phi) is 3.72. The zero-order valence-electron chi connectivity index (χ0n) is 5.86. The summed E-state index contributed by atoms with van der Waals surface area (Å²) in [6.45, 7) is 0. The predicted octanol–water partition coefficient (Wildman–Crippen LogP) is -1.31. The molecule has 0 saturated heterocycles. The van der Waals surface area contributed by atoms with E-state index in [-0.39, 0.29) is 24.5 Å². The van der Waals surface area contributed by atoms with Gasteiger partial charge in [0.05, 0.1) is 0 Å². The van der Waals surface area contributed by atoms with Crippen molar-refractivity contribution in [1.82, 2.24) is 4.72 Å². The van der Waals surface area contributed by atoms with E-state index >= 15 is 0 Å². The first-order valence-electron chi connectivity index (χ1n) is 3.03. The Morgan fingerprint density at radius 3 is 2.09 bits per heavy atom. The maximum Gasteiger partial charge on any atom is 0.274 e. The van der Waals surface area contributed by atoms with Crippen molar-refractivity contribution >= 4 is 22.6 Å². The maximum absolute atomic E-state index is 10.4. The molecule has 0 bridgehead atoms. The third kappa shape index (κ3) is 3.88. The molecule has 5 nitrogen and oxygen atoms in total. The number of halogens is 1. The van der Waals surface area contributed by atoms with Crippen LogP contribution in [0.15, 0.2) is 0 Å². The second-order valence-electron chi connectivity index (χ2n) is 2.59. The van der Waals surface area contributed by atoms with Crippen molar-refractivity contribution in [2.45, 2.75) is 24.9 Å². The van der Waals surface area contributed by atoms with Crippen molar-refractivity contribution in [3.05, 3.63) is 0 Å². The molecule has 0 heterocycles. The van der Waals surface area contributed by atoms with Crippen LogP contribution in [0.5, 0.6) is 0 Å². The summed E-state index contributed by atoms with van der Waals surface area (Å²) in [5.74, 6) is 0. The van der Waals surface area contributed by atoms with Gasteiger partial charge in [0.1, 0.15) is 0 Å². The summed E-state index contributed by atoms with van der Waals surface area (Å²) in [5.41, 5.74) is 5.41. The zero-order chi connectivity index (χ0) is 7.78. The Morgan fingerprint density at radius 2 is 1.82 bits per heavy atom. The Labute approximate surface area is 72.1 Å². The third-order valence-corrected chi connectivity index (χ3v) is 2.17. The van der Waals surface area contributed by atoms with Crippen LogP contribution in [-0.4, -0.2) is 20.5 Å². The molecule has 0 radical (unpaired) electrons. The number of hydrogen-bond acceptors (Lipinski definition) is 3. The lowest BCUT2D eigenvalue weighted by atomic mass is 9.89. The van der Waals surface area contributed by atoms with E-state index in [0.29, 0.717) is 12.8 Å². The molecule has 1 fully saturated rings. The monoisotopic (exact) mass is 201 g/mol. The van der Waals surface area contributed by atoms with Gasteiger partial charge in [-0.25, -0.2) is 5.14 Å². The largest absolute Gasteiger partial charge is 0.328 e. The van der Waals surface area contributed by atoms with Gasteiger partial charge in [0.15, 0.2) is 0 Å². The van der Waals surface area contributed by atoms with Crippen LogP contribution in [0.1, 0.15) is 12.8 Å². The quantitative estimate of drug-likeness (QED) is 0.518. The highest BCUT2D eigenvalue weighted by molar-refractivity contribution is 7.87. The summed E-state index contributed by atoms with van der Waals surface area (Å²) in [6, 6.07) is 0.101. The molecular weight excluding hydrogens is 190 g/mol. The summed E-state index contributed by atoms with van der Waals surface area (Å²) in [7, 11) is -3.51. The Balaban J connectivity index is 0.000001000. The van der Waals surface area contributed by atoms with E-state index in [2.05, 4.69) is 4.72 Å². The lowest BCUT2D eigenvalue weighted by Gasteiger charge is -2.31. The molecule has 0 aromatic heterocycles. The number of nitrogens with one attached hydrogen (secondary N) is 1. The van der Waals surface area contributed by atoms with Gasteiger partial charge < -0.3 is 5.73 Å². The van der Waals surface area contributed by atoms with E-state index in [4.69, 9.17) is 10.9 Å². The molecule has 0 spiro atoms. The van der Waals surface area contributed by atoms with Crippen molar-refractivity contribution in [2.75, 3.05) is 0 Å². The third-order valence-electron chi connectivity index (χ3n) is 1.51. The van der Waals surface area contributed by atoms with Crippen LogP contribution < -0.4 is 15.6 Å². The van der Waals surface area contributed by atoms with E-state index in [0.717, 1.165) is 0 Å². The molecule has 0 amide bonds. The predicted molar refractivity (Wildman–Crippen MR) is 44.5 cm³/mol. The van der Waals surface area contributed by atoms with Crippen molar-refractivity contribution in [3.63, 3.8) is 0 Å². The van der Waals surface area contributed by atoms with Crippen molar-refractivity contribution < 1.29 is 8.42 Å². The zero-order valence-corrected chi connectivity index (χ0v) is 7.49. The smallest absolute Gasteiger partial charge is 0.274 e. The highest BCUT2D eigenvalue weighted by Crippen LogP contribution is 2.17. The van der Waals surface area contributed by atoms with Gasteiger partial charge in [-0.05, 0) is 12.8 Å². The van der Waals surface area contributed by atoms with Crippen LogP contribution in [0.3, 0.4) is 0 Å². The number of rotatable bonds is 2. The molecule has 1 aliphatic carbocycles. The highest BCUT2D eigenvalue weighted by Gasteiger charge is 2.27. The fraction of sp³-hybridized carbons (Fsp3) is 1.00. The molecule has 5 N–H and O–H groups in total. The number of hydrogen-bond donors (Lipinski definition) is 3. The fourth-order valence-corrected chi connectivity index (χ4v) is 1.65. The van der Waals surface area contributed by atoms with E-state index in [1.54, 1.807) is 0 Å². The van der Waals surface area contributed by atoms with Gasteiger partial charge in [0, 0.05) is 12.1 Å². The van der Waals surface area contributed by atoms with Gasteiger partial charge in [-0.3, -0.25) is 0 Å². The van der Waals surface area contributed by atoms with E-state index in [9.17, 15) is 8.42 Å². The number of nitrogens with two attached hydrogens (primary N) is 2. The van der Waals surface area contributed by atoms with Crippen LogP contribution >= 0.6 is 12.4 Å². The molecule has 0 aromatic rings. The fourth-order valence-electron chi connectivity index (χ4n) is 0.990. The standard InChI is InChI=1S/C4H11N3O2S.ClH/c5-3-1-4(2-3)7-10(6,8)9;/h3-4,7H,1-2,5H2,(H2,6,8,9);1H. The van der Waals surface area contributed by atoms with Gasteiger partial charge in [0.2, 0.25) is 0 Å². The van der Waals surface area contributed by atoms with Crippen molar-refractivity contribution in [2.24, 2.45) is 10.9 Å². The van der Waals surface area contributed by atoms with Crippen molar-refractivity contribution in [1.29, 1.82) is 0 Å². The molecule has 68 valence electrons. The average molecular weight is 202 g/mol. The molecule has 0 aliphatic heterocycles. The molecule has 1 aliphatic rings. The second-order valence-corrected chi connectivity index (χ2v) is 3.92. The average Bonchev–Trinajstić information content (AvgIpc) is 1.57. The maximum atomic E-state index is 10.4. The molecule has 0 atom stereocenters. The Hall–Kier alpha value is 0.120. The van der Waals surface area contributed by atoms with Gasteiger partial charge in [-0.1, -0.05) is 0 Å². The Bertz CT molecular complexity index is 211. The SMILES string of the molecule is Cl.NC1CC(NS(N)(=O)=O)C1. The first-order chi connectivity index (χ1) is 4.47. The van der Waals surface area contributed by atoms with Gasteiger partial charge in [0.25, 0.3) is 10.2 Å². The summed E-state index contributed by atoms with van der Waals surface area (Å²) in [5, 5.41) is 4.71. The van der Waals surface area contributed by atoms with E-state index < -0.39 is 10.2 Å². The first kappa shape index (κ1) is 11.1. The van der Waals surface area contributed by atoms with Crippen LogP contribution in [0.4, 0.5) is 0 Å². The Morgan fingerprint density at radius 1 is 1.36 bits per heavy atom. The van der Waals surface area contributed by atoms with E-state index in [1.165, 1.54) is 0 Å². The molecule has 7 heteroatoms. The van der Waals surface area contributed by atoms with Crippen LogP contribution in [0.25, 0.3) is 0 Å². The van der Waals surface area contributed by atoms with Crippen LogP contribution in [-0.2, 0) is 10.2 Å². The second kappa shape index (κ2) is 3.68. The molecule has 0 aromatic carbocycles. The minimum atomic E-state index is -3.51. The summed E-state index contributed by atoms with van der Waals surface area (Å²) in [6.07, 6.45) is 1.38. The van der Waals surface area contributed by atoms with Gasteiger partial charge in [-0.15, -0.1) is 12.4 Å². The molecule has 0 unspecified atom stereocenters. The molecule has 1 saturated carbocycles. The molecule has 1 rings (SSSR count). The minimum Gasteiger partial charge on any atom is -0.328 e. The summed E-state index contributed by atoms with van der Waals surface area (Å²) >= 11 is 0. The van der Waals surface area contributed by atoms with Gasteiger partial charge >= 0.3 is 0 Å². The van der Waals surface area contributed by atoms with E-state index in [1.807, 2.05) is 0 Å². The normalized spacial score (nSPS) is 30.4. The summed E-state index contributed by atoms with van der Waals surface area (Å²) in [4.78, 5) is 0. The summed E-state index contributed by atoms with van der Waals surface area (Å²) < 4.78 is 23.0. The van der Waals surface area contributed by atoms with Gasteiger partial charge in [-0.2, -0.15) is 13.1 Å². The molecule has 11 heavy (non-hydrogen) atoms. The van der Waals surface area contributed by atoms with Crippen molar-refractivity contribution in [3.8, 4) is 0 Å². The lowest BCUT2D eigenvalue weighted by molar-refractivity contribution is 0.327. The van der Waals surface area contributed by atoms with Crippen LogP contribution in [0.2, 0.25) is 0 Å². The highest BCUT2D eigenvalue weighted by atomic mass is 35.5.